The molecule has 1 fully saturated rings. The van der Waals surface area contributed by atoms with Crippen molar-refractivity contribution in [1.82, 2.24) is 14.9 Å². The van der Waals surface area contributed by atoms with Crippen LogP contribution in [0.25, 0.3) is 11.0 Å². The number of likely N-dealkylation sites (tertiary alicyclic amines) is 1. The van der Waals surface area contributed by atoms with Crippen LogP contribution in [0.5, 0.6) is 0 Å². The van der Waals surface area contributed by atoms with E-state index in [4.69, 9.17) is 0 Å². The molecule has 1 aliphatic heterocycles. The Labute approximate surface area is 177 Å². The van der Waals surface area contributed by atoms with Crippen molar-refractivity contribution in [3.05, 3.63) is 58.1 Å². The summed E-state index contributed by atoms with van der Waals surface area (Å²) in [5, 5.41) is 3.84. The Morgan fingerprint density at radius 2 is 1.90 bits per heavy atom. The molecular weight excluding hydrogens is 435 g/mol. The first-order valence-corrected chi connectivity index (χ1v) is 10.6. The molecule has 3 heterocycles. The predicted octanol–water partition coefficient (Wildman–Crippen LogP) is 5.60. The zero-order chi connectivity index (χ0) is 20.4. The Morgan fingerprint density at radius 1 is 1.14 bits per heavy atom. The Kier molecular flexibility index (Phi) is 5.76. The highest BCUT2D eigenvalue weighted by Crippen LogP contribution is 2.31. The molecule has 2 aromatic heterocycles. The molecule has 1 aromatic carbocycles. The summed E-state index contributed by atoms with van der Waals surface area (Å²) < 4.78 is 15.2. The number of fused-ring (bicyclic) bond motifs is 1. The van der Waals surface area contributed by atoms with Crippen LogP contribution in [-0.2, 0) is 0 Å². The van der Waals surface area contributed by atoms with Crippen LogP contribution in [0.2, 0.25) is 0 Å². The first-order valence-electron chi connectivity index (χ1n) is 9.80. The van der Waals surface area contributed by atoms with Gasteiger partial charge in [0.1, 0.15) is 5.82 Å². The summed E-state index contributed by atoms with van der Waals surface area (Å²) in [6.45, 7) is 3.35. The molecule has 1 saturated heterocycles. The topological polar surface area (TPSA) is 58.1 Å². The van der Waals surface area contributed by atoms with Crippen LogP contribution in [0.4, 0.5) is 15.8 Å². The molecule has 0 spiro atoms. The number of hydrogen-bond acceptors (Lipinski definition) is 4. The van der Waals surface area contributed by atoms with Gasteiger partial charge in [-0.15, -0.1) is 0 Å². The fourth-order valence-electron chi connectivity index (χ4n) is 3.64. The number of carbonyl (C=O) groups is 1. The number of aromatic nitrogens is 2. The predicted molar refractivity (Wildman–Crippen MR) is 116 cm³/mol. The molecule has 0 atom stereocenters. The molecule has 0 saturated carbocycles. The number of carbonyl (C=O) groups excluding carboxylic acids is 1. The molecule has 1 amide bonds. The van der Waals surface area contributed by atoms with Crippen molar-refractivity contribution < 1.29 is 9.18 Å². The average molecular weight is 457 g/mol. The minimum Gasteiger partial charge on any atom is -0.352 e. The monoisotopic (exact) mass is 456 g/mol. The van der Waals surface area contributed by atoms with Gasteiger partial charge in [0, 0.05) is 34.8 Å². The summed E-state index contributed by atoms with van der Waals surface area (Å²) in [7, 11) is 0. The number of halogens is 2. The lowest BCUT2D eigenvalue weighted by molar-refractivity contribution is 0.0762. The number of pyridine rings is 2. The second kappa shape index (κ2) is 8.45. The molecule has 1 aliphatic rings. The summed E-state index contributed by atoms with van der Waals surface area (Å²) in [6, 6.07) is 8.54. The van der Waals surface area contributed by atoms with Crippen LogP contribution in [-0.4, -0.2) is 33.9 Å². The van der Waals surface area contributed by atoms with Crippen molar-refractivity contribution in [3.63, 3.8) is 0 Å². The van der Waals surface area contributed by atoms with Gasteiger partial charge < -0.3 is 10.2 Å². The van der Waals surface area contributed by atoms with Gasteiger partial charge in [0.05, 0.1) is 16.9 Å². The molecular formula is C22H22BrFN4O. The second-order valence-electron chi connectivity index (χ2n) is 7.33. The smallest absolute Gasteiger partial charge is 0.257 e. The average Bonchev–Trinajstić information content (AvgIpc) is 2.99. The van der Waals surface area contributed by atoms with Gasteiger partial charge in [-0.25, -0.2) is 14.4 Å². The molecule has 3 aromatic rings. The van der Waals surface area contributed by atoms with E-state index in [-0.39, 0.29) is 5.91 Å². The van der Waals surface area contributed by atoms with E-state index in [0.717, 1.165) is 44.5 Å². The largest absolute Gasteiger partial charge is 0.352 e. The van der Waals surface area contributed by atoms with Crippen molar-refractivity contribution in [2.45, 2.75) is 32.6 Å². The maximum atomic E-state index is 14.5. The maximum Gasteiger partial charge on any atom is 0.257 e. The fraction of sp³-hybridized carbons (Fsp3) is 0.318. The highest BCUT2D eigenvalue weighted by Gasteiger charge is 2.23. The van der Waals surface area contributed by atoms with Crippen LogP contribution in [0, 0.1) is 12.7 Å². The van der Waals surface area contributed by atoms with Gasteiger partial charge >= 0.3 is 0 Å². The van der Waals surface area contributed by atoms with Gasteiger partial charge in [-0.05, 0) is 50.1 Å². The molecule has 29 heavy (non-hydrogen) atoms. The number of benzene rings is 1. The molecule has 7 heteroatoms. The molecule has 0 radical (unpaired) electrons. The minimum absolute atomic E-state index is 0.0816. The minimum atomic E-state index is -0.405. The van der Waals surface area contributed by atoms with E-state index in [1.807, 2.05) is 24.0 Å². The number of nitrogens with zero attached hydrogens (tertiary/aromatic N) is 3. The number of aryl methyl sites for hydroxylation is 1. The summed E-state index contributed by atoms with van der Waals surface area (Å²) in [5.41, 5.74) is 2.63. The Hall–Kier alpha value is -2.54. The number of amides is 1. The van der Waals surface area contributed by atoms with Crippen LogP contribution in [0.3, 0.4) is 0 Å². The van der Waals surface area contributed by atoms with E-state index in [1.165, 1.54) is 6.07 Å². The number of hydrogen-bond donors (Lipinski definition) is 1. The summed E-state index contributed by atoms with van der Waals surface area (Å²) >= 11 is 3.28. The summed E-state index contributed by atoms with van der Waals surface area (Å²) in [6.07, 6.45) is 5.83. The van der Waals surface area contributed by atoms with E-state index in [2.05, 4.69) is 31.2 Å². The Balaban J connectivity index is 1.81. The third-order valence-corrected chi connectivity index (χ3v) is 5.68. The maximum absolute atomic E-state index is 14.5. The third-order valence-electron chi connectivity index (χ3n) is 5.18. The zero-order valence-electron chi connectivity index (χ0n) is 16.2. The first kappa shape index (κ1) is 19.8. The van der Waals surface area contributed by atoms with Crippen molar-refractivity contribution in [2.75, 3.05) is 18.4 Å². The van der Waals surface area contributed by atoms with E-state index >= 15 is 0 Å². The summed E-state index contributed by atoms with van der Waals surface area (Å²) in [4.78, 5) is 24.1. The highest BCUT2D eigenvalue weighted by atomic mass is 79.9. The molecule has 5 nitrogen and oxygen atoms in total. The molecule has 0 bridgehead atoms. The van der Waals surface area contributed by atoms with Gasteiger partial charge in [-0.2, -0.15) is 0 Å². The van der Waals surface area contributed by atoms with Crippen molar-refractivity contribution in [3.8, 4) is 0 Å². The van der Waals surface area contributed by atoms with Gasteiger partial charge in [0.25, 0.3) is 5.91 Å². The highest BCUT2D eigenvalue weighted by molar-refractivity contribution is 9.10. The van der Waals surface area contributed by atoms with Gasteiger partial charge in [0.2, 0.25) is 0 Å². The van der Waals surface area contributed by atoms with Crippen molar-refractivity contribution in [1.29, 1.82) is 0 Å². The van der Waals surface area contributed by atoms with Gasteiger partial charge in [0.15, 0.2) is 5.65 Å². The molecule has 4 rings (SSSR count). The van der Waals surface area contributed by atoms with Crippen LogP contribution in [0.15, 0.2) is 41.0 Å². The van der Waals surface area contributed by atoms with E-state index in [9.17, 15) is 9.18 Å². The lowest BCUT2D eigenvalue weighted by Crippen LogP contribution is -2.32. The second-order valence-corrected chi connectivity index (χ2v) is 8.24. The van der Waals surface area contributed by atoms with Crippen molar-refractivity contribution in [2.24, 2.45) is 0 Å². The lowest BCUT2D eigenvalue weighted by atomic mass is 10.1. The summed E-state index contributed by atoms with van der Waals surface area (Å²) in [5.74, 6) is -0.487. The number of nitrogens with one attached hydrogen (secondary N) is 1. The number of rotatable bonds is 3. The number of anilines is 2. The standard InChI is InChI=1S/C22H22BrFN4O/c1-14-6-8-16-20(27-19-9-7-15(23)12-18(19)24)17(13-25-21(16)26-14)22(29)28-10-4-2-3-5-11-28/h6-9,12-13H,2-5,10-11H2,1H3,(H,25,26,27). The third kappa shape index (κ3) is 4.24. The molecule has 0 aliphatic carbocycles. The van der Waals surface area contributed by atoms with Crippen LogP contribution in [0.1, 0.15) is 41.7 Å². The Morgan fingerprint density at radius 3 is 2.62 bits per heavy atom. The molecule has 1 N–H and O–H groups in total. The normalized spacial score (nSPS) is 14.7. The van der Waals surface area contributed by atoms with Crippen LogP contribution >= 0.6 is 15.9 Å². The van der Waals surface area contributed by atoms with Crippen LogP contribution < -0.4 is 5.32 Å². The van der Waals surface area contributed by atoms with E-state index in [1.54, 1.807) is 18.3 Å². The quantitative estimate of drug-likeness (QED) is 0.557. The van der Waals surface area contributed by atoms with Gasteiger partial charge in [-0.3, -0.25) is 4.79 Å². The first-order chi connectivity index (χ1) is 14.0. The van der Waals surface area contributed by atoms with Crippen molar-refractivity contribution >= 4 is 44.2 Å². The lowest BCUT2D eigenvalue weighted by Gasteiger charge is -2.22. The van der Waals surface area contributed by atoms with E-state index in [0.29, 0.717) is 32.4 Å². The fourth-order valence-corrected chi connectivity index (χ4v) is 3.97. The van der Waals surface area contributed by atoms with Gasteiger partial charge in [-0.1, -0.05) is 28.8 Å². The molecule has 150 valence electrons. The van der Waals surface area contributed by atoms with E-state index < -0.39 is 5.82 Å². The Bertz CT molecular complexity index is 1060. The zero-order valence-corrected chi connectivity index (χ0v) is 17.8. The SMILES string of the molecule is Cc1ccc2c(Nc3ccc(Br)cc3F)c(C(=O)N3CCCCCC3)cnc2n1. The molecule has 0 unspecified atom stereocenters.